The third kappa shape index (κ3) is 8.82. The minimum Gasteiger partial charge on any atom is -0.807 e. The molecule has 0 radical (unpaired) electrons. The first-order chi connectivity index (χ1) is 24.8. The molecule has 8 rings (SSSR count). The zero-order valence-electron chi connectivity index (χ0n) is 27.9. The Morgan fingerprint density at radius 2 is 0.588 bits per heavy atom. The first-order valence-electron chi connectivity index (χ1n) is 16.7. The second-order valence-corrected chi connectivity index (χ2v) is 16.5. The zero-order chi connectivity index (χ0) is 34.0. The topological polar surface area (TPSA) is 0 Å². The monoisotopic (exact) mass is 889 g/mol. The second kappa shape index (κ2) is 18.3. The van der Waals surface area contributed by atoms with Crippen molar-refractivity contribution < 1.29 is 21.1 Å². The smallest absolute Gasteiger partial charge is 0.807 e. The van der Waals surface area contributed by atoms with Gasteiger partial charge >= 0.3 is 21.1 Å². The average Bonchev–Trinajstić information content (AvgIpc) is 3.20. The van der Waals surface area contributed by atoms with Gasteiger partial charge in [-0.25, -0.2) is 0 Å². The first-order valence-corrected chi connectivity index (χ1v) is 19.8. The molecule has 0 spiro atoms. The summed E-state index contributed by atoms with van der Waals surface area (Å²) in [5, 5.41) is 12.0. The molecule has 0 heterocycles. The van der Waals surface area contributed by atoms with E-state index in [1.54, 1.807) is 0 Å². The van der Waals surface area contributed by atoms with Crippen molar-refractivity contribution in [2.24, 2.45) is 0 Å². The van der Waals surface area contributed by atoms with Crippen LogP contribution in [0.25, 0.3) is 10.8 Å². The Hall–Kier alpha value is -4.21. The second-order valence-electron chi connectivity index (χ2n) is 11.7. The molecule has 4 heteroatoms. The summed E-state index contributed by atoms with van der Waals surface area (Å²) in [7, 11) is -1.43. The summed E-state index contributed by atoms with van der Waals surface area (Å²) in [6.45, 7) is 0. The van der Waals surface area contributed by atoms with E-state index < -0.39 is 15.8 Å². The van der Waals surface area contributed by atoms with Crippen LogP contribution in [0.2, 0.25) is 0 Å². The standard InChI is InChI=1S/C34H26P2.C13H10S.Pt/c1-5-17-28(18-6-1)35(29-19-7-2-8-20-29)32-25-13-15-27-16-14-26-33(34(27)32)36(30-21-9-3-10-22-30)31-23-11-4-12-24-31;14-13(11-7-3-1-4-8-11)12-9-5-2-6-10-12;/h1-26H;1-10H;/q;-2;+2. The molecule has 0 aliphatic carbocycles. The summed E-state index contributed by atoms with van der Waals surface area (Å²) in [4.78, 5) is 0. The largest absolute Gasteiger partial charge is 2.00 e. The van der Waals surface area contributed by atoms with Gasteiger partial charge in [0.05, 0.1) is 0 Å². The van der Waals surface area contributed by atoms with Crippen LogP contribution in [0.1, 0.15) is 11.1 Å². The van der Waals surface area contributed by atoms with E-state index in [1.807, 2.05) is 60.7 Å². The van der Waals surface area contributed by atoms with Crippen LogP contribution in [0.4, 0.5) is 0 Å². The molecule has 51 heavy (non-hydrogen) atoms. The summed E-state index contributed by atoms with van der Waals surface area (Å²) < 4.78 is 0. The molecular weight excluding hydrogens is 854 g/mol. The fourth-order valence-corrected chi connectivity index (χ4v) is 11.5. The summed E-state index contributed by atoms with van der Waals surface area (Å²) in [6.07, 6.45) is 0. The molecule has 0 aliphatic heterocycles. The Bertz CT molecular complexity index is 1980. The number of benzene rings is 8. The maximum atomic E-state index is 5.39. The summed E-state index contributed by atoms with van der Waals surface area (Å²) in [5.41, 5.74) is 2.21. The molecule has 0 unspecified atom stereocenters. The van der Waals surface area contributed by atoms with Crippen LogP contribution in [0, 0.1) is 5.25 Å². The van der Waals surface area contributed by atoms with Crippen molar-refractivity contribution in [2.45, 2.75) is 0 Å². The van der Waals surface area contributed by atoms with Crippen molar-refractivity contribution in [3.8, 4) is 0 Å². The molecule has 0 N–H and O–H groups in total. The normalized spacial score (nSPS) is 10.6. The fourth-order valence-electron chi connectivity index (χ4n) is 6.18. The molecule has 0 saturated carbocycles. The van der Waals surface area contributed by atoms with Gasteiger partial charge in [0, 0.05) is 0 Å². The van der Waals surface area contributed by atoms with E-state index in [1.165, 1.54) is 42.6 Å². The van der Waals surface area contributed by atoms with E-state index in [2.05, 4.69) is 158 Å². The minimum absolute atomic E-state index is 0. The number of hydrogen-bond acceptors (Lipinski definition) is 1. The predicted octanol–water partition coefficient (Wildman–Crippen LogP) is 9.52. The van der Waals surface area contributed by atoms with Crippen LogP contribution in [-0.2, 0) is 33.7 Å². The van der Waals surface area contributed by atoms with Crippen LogP contribution < -0.4 is 31.8 Å². The molecule has 0 amide bonds. The molecular formula is C47H36P2PtS. The van der Waals surface area contributed by atoms with Gasteiger partial charge in [0.2, 0.25) is 0 Å². The van der Waals surface area contributed by atoms with Gasteiger partial charge < -0.3 is 12.6 Å². The molecule has 0 aromatic heterocycles. The Morgan fingerprint density at radius 1 is 0.314 bits per heavy atom. The van der Waals surface area contributed by atoms with Gasteiger partial charge in [-0.1, -0.05) is 194 Å². The summed E-state index contributed by atoms with van der Waals surface area (Å²) in [6, 6.07) is 78.0. The number of rotatable bonds is 8. The average molecular weight is 890 g/mol. The van der Waals surface area contributed by atoms with Crippen molar-refractivity contribution in [3.63, 3.8) is 0 Å². The number of fused-ring (bicyclic) bond motifs is 1. The number of hydrogen-bond donors (Lipinski definition) is 0. The molecule has 0 saturated heterocycles. The van der Waals surface area contributed by atoms with Crippen molar-refractivity contribution >= 4 is 71.1 Å². The predicted molar refractivity (Wildman–Crippen MR) is 223 cm³/mol. The van der Waals surface area contributed by atoms with E-state index in [0.29, 0.717) is 0 Å². The van der Waals surface area contributed by atoms with Gasteiger partial charge in [-0.15, -0.1) is 35.4 Å². The van der Waals surface area contributed by atoms with Gasteiger partial charge in [0.25, 0.3) is 0 Å². The van der Waals surface area contributed by atoms with Crippen molar-refractivity contribution in [1.82, 2.24) is 0 Å². The maximum absolute atomic E-state index is 5.39. The van der Waals surface area contributed by atoms with Gasteiger partial charge in [-0.3, -0.25) is 5.25 Å². The van der Waals surface area contributed by atoms with E-state index in [-0.39, 0.29) is 21.1 Å². The third-order valence-electron chi connectivity index (χ3n) is 8.47. The Kier molecular flexibility index (Phi) is 13.1. The van der Waals surface area contributed by atoms with Crippen LogP contribution in [0.15, 0.2) is 218 Å². The quantitative estimate of drug-likeness (QED) is 0.0833. The van der Waals surface area contributed by atoms with Gasteiger partial charge in [0.1, 0.15) is 0 Å². The Balaban J connectivity index is 0.000000251. The summed E-state index contributed by atoms with van der Waals surface area (Å²) in [5.74, 6) is 0. The minimum atomic E-state index is -0.714. The SMILES string of the molecule is [Pt+2].[S-][C-](c1ccccc1)c1ccccc1.c1ccc(P(c2ccccc2)c2cccc3cccc(P(c4ccccc4)c4ccccc4)c23)cc1. The van der Waals surface area contributed by atoms with Crippen molar-refractivity contribution in [2.75, 3.05) is 0 Å². The van der Waals surface area contributed by atoms with E-state index >= 15 is 0 Å². The Morgan fingerprint density at radius 3 is 0.882 bits per heavy atom. The molecule has 0 atom stereocenters. The van der Waals surface area contributed by atoms with Crippen LogP contribution in [0.5, 0.6) is 0 Å². The molecule has 250 valence electrons. The molecule has 0 fully saturated rings. The zero-order valence-corrected chi connectivity index (χ0v) is 32.8. The van der Waals surface area contributed by atoms with E-state index in [9.17, 15) is 0 Å². The Labute approximate surface area is 324 Å². The molecule has 0 nitrogen and oxygen atoms in total. The van der Waals surface area contributed by atoms with E-state index in [0.717, 1.165) is 16.4 Å². The van der Waals surface area contributed by atoms with Gasteiger partial charge in [-0.05, 0) is 58.4 Å². The van der Waals surface area contributed by atoms with Crippen LogP contribution in [0.3, 0.4) is 0 Å². The van der Waals surface area contributed by atoms with Gasteiger partial charge in [0.15, 0.2) is 0 Å². The fraction of sp³-hybridized carbons (Fsp3) is 0. The van der Waals surface area contributed by atoms with Crippen molar-refractivity contribution in [1.29, 1.82) is 0 Å². The molecule has 8 aromatic carbocycles. The maximum Gasteiger partial charge on any atom is 2.00 e. The van der Waals surface area contributed by atoms with Crippen LogP contribution in [-0.4, -0.2) is 0 Å². The molecule has 8 aromatic rings. The molecule has 0 bridgehead atoms. The summed E-state index contributed by atoms with van der Waals surface area (Å²) >= 11 is 5.39. The van der Waals surface area contributed by atoms with Crippen molar-refractivity contribution in [3.05, 3.63) is 235 Å². The van der Waals surface area contributed by atoms with Gasteiger partial charge in [-0.2, -0.15) is 0 Å². The van der Waals surface area contributed by atoms with Crippen LogP contribution >= 0.6 is 15.8 Å². The first kappa shape index (κ1) is 36.6. The third-order valence-corrected chi connectivity index (χ3v) is 13.9. The molecule has 0 aliphatic rings. The van der Waals surface area contributed by atoms with E-state index in [4.69, 9.17) is 12.6 Å².